The fraction of sp³-hybridized carbons (Fsp3) is 0.500. The normalized spacial score (nSPS) is 17.0. The van der Waals surface area contributed by atoms with Gasteiger partial charge in [0.2, 0.25) is 5.82 Å². The molecule has 0 radical (unpaired) electrons. The Morgan fingerprint density at radius 3 is 2.39 bits per heavy atom. The maximum absolute atomic E-state index is 13.8. The molecule has 1 aliphatic rings. The van der Waals surface area contributed by atoms with Crippen molar-refractivity contribution < 1.29 is 49.7 Å². The zero-order valence-electron chi connectivity index (χ0n) is 15.7. The number of carbonyl (C=O) groups excluding carboxylic acids is 1. The molecule has 3 rings (SSSR count). The molecule has 0 spiro atoms. The molecule has 0 N–H and O–H groups in total. The first-order valence-electron chi connectivity index (χ1n) is 8.58. The minimum absolute atomic E-state index is 0.0780. The number of fused-ring (bicyclic) bond motifs is 3. The second-order valence-electron chi connectivity index (χ2n) is 6.18. The first-order valence-corrected chi connectivity index (χ1v) is 9.38. The molecular weight excluding hydrogens is 511 g/mol. The maximum Gasteiger partial charge on any atom is 0.507 e. The lowest BCUT2D eigenvalue weighted by atomic mass is 10.2. The number of ether oxygens (including phenoxy) is 3. The number of rotatable bonds is 4. The highest BCUT2D eigenvalue weighted by molar-refractivity contribution is 9.10. The van der Waals surface area contributed by atoms with E-state index in [-0.39, 0.29) is 17.6 Å². The van der Waals surface area contributed by atoms with Gasteiger partial charge in [-0.3, -0.25) is 9.47 Å². The summed E-state index contributed by atoms with van der Waals surface area (Å²) in [7, 11) is 0. The lowest BCUT2D eigenvalue weighted by molar-refractivity contribution is -0.391. The zero-order valence-corrected chi connectivity index (χ0v) is 17.3. The number of halogens is 8. The van der Waals surface area contributed by atoms with Crippen LogP contribution in [0.25, 0.3) is 11.0 Å². The van der Waals surface area contributed by atoms with Crippen molar-refractivity contribution in [1.29, 1.82) is 0 Å². The number of imidazole rings is 1. The van der Waals surface area contributed by atoms with E-state index in [1.54, 1.807) is 0 Å². The van der Waals surface area contributed by atoms with Crippen molar-refractivity contribution in [3.63, 3.8) is 0 Å². The maximum atomic E-state index is 13.8. The summed E-state index contributed by atoms with van der Waals surface area (Å²) in [5, 5.41) is 0. The number of benzene rings is 1. The summed E-state index contributed by atoms with van der Waals surface area (Å²) in [6.45, 7) is 1.85. The molecule has 0 fully saturated rings. The molecule has 2 aromatic rings. The first-order chi connectivity index (χ1) is 14.2. The third kappa shape index (κ3) is 3.94. The van der Waals surface area contributed by atoms with Gasteiger partial charge in [0.25, 0.3) is 0 Å². The van der Waals surface area contributed by atoms with E-state index < -0.39 is 59.5 Å². The second kappa shape index (κ2) is 7.60. The van der Waals surface area contributed by atoms with Crippen molar-refractivity contribution in [3.05, 3.63) is 16.4 Å². The van der Waals surface area contributed by atoms with Gasteiger partial charge in [-0.1, -0.05) is 0 Å². The van der Waals surface area contributed by atoms with E-state index in [0.29, 0.717) is 4.57 Å². The second-order valence-corrected chi connectivity index (χ2v) is 7.03. The van der Waals surface area contributed by atoms with E-state index >= 15 is 0 Å². The lowest BCUT2D eigenvalue weighted by Crippen LogP contribution is -2.52. The molecule has 0 unspecified atom stereocenters. The summed E-state index contributed by atoms with van der Waals surface area (Å²) in [5.41, 5.74) is -1.25. The van der Waals surface area contributed by atoms with E-state index in [4.69, 9.17) is 4.74 Å². The van der Waals surface area contributed by atoms with Crippen molar-refractivity contribution in [2.75, 3.05) is 13.2 Å². The molecule has 1 aliphatic heterocycles. The van der Waals surface area contributed by atoms with Crippen LogP contribution in [0.5, 0.6) is 11.5 Å². The van der Waals surface area contributed by atoms with Gasteiger partial charge in [-0.15, -0.1) is 0 Å². The van der Waals surface area contributed by atoms with Crippen LogP contribution >= 0.6 is 15.9 Å². The van der Waals surface area contributed by atoms with E-state index in [0.717, 1.165) is 11.0 Å². The summed E-state index contributed by atoms with van der Waals surface area (Å²) in [6, 6.07) is 0.737. The molecule has 7 nitrogen and oxygen atoms in total. The number of nitrogens with zero attached hydrogens (tertiary/aromatic N) is 3. The summed E-state index contributed by atoms with van der Waals surface area (Å²) < 4.78 is 109. The Bertz CT molecular complexity index is 1030. The molecule has 0 saturated carbocycles. The quantitative estimate of drug-likeness (QED) is 0.514. The van der Waals surface area contributed by atoms with Gasteiger partial charge in [-0.25, -0.2) is 9.78 Å². The van der Waals surface area contributed by atoms with Crippen LogP contribution in [0.3, 0.4) is 0 Å². The van der Waals surface area contributed by atoms with Gasteiger partial charge in [0.1, 0.15) is 17.7 Å². The average molecular weight is 524 g/mol. The van der Waals surface area contributed by atoms with Crippen LogP contribution in [0.2, 0.25) is 0 Å². The minimum Gasteiger partial charge on any atom is -0.450 e. The number of amides is 1. The van der Waals surface area contributed by atoms with Gasteiger partial charge >= 0.3 is 24.5 Å². The Kier molecular flexibility index (Phi) is 5.69. The monoisotopic (exact) mass is 523 g/mol. The number of carbonyl (C=O) groups is 1. The number of hydrogen-bond donors (Lipinski definition) is 0. The summed E-state index contributed by atoms with van der Waals surface area (Å²) in [4.78, 5) is 16.3. The van der Waals surface area contributed by atoms with Crippen LogP contribution in [0.1, 0.15) is 19.7 Å². The molecule has 31 heavy (non-hydrogen) atoms. The number of aromatic nitrogens is 2. The molecule has 0 aliphatic carbocycles. The van der Waals surface area contributed by atoms with Crippen molar-refractivity contribution >= 4 is 33.1 Å². The van der Waals surface area contributed by atoms with Crippen LogP contribution in [0, 0.1) is 0 Å². The van der Waals surface area contributed by atoms with Gasteiger partial charge in [-0.05, 0) is 29.8 Å². The van der Waals surface area contributed by atoms with Crippen LogP contribution < -0.4 is 9.47 Å². The van der Waals surface area contributed by atoms with Crippen molar-refractivity contribution in [1.82, 2.24) is 14.5 Å². The highest BCUT2D eigenvalue weighted by Gasteiger charge is 2.66. The van der Waals surface area contributed by atoms with Gasteiger partial charge in [0, 0.05) is 17.1 Å². The predicted octanol–water partition coefficient (Wildman–Crippen LogP) is 5.21. The Balaban J connectivity index is 2.29. The van der Waals surface area contributed by atoms with Crippen LogP contribution in [0.15, 0.2) is 10.5 Å². The van der Waals surface area contributed by atoms with Crippen molar-refractivity contribution in [3.8, 4) is 11.5 Å². The first kappa shape index (κ1) is 23.2. The highest BCUT2D eigenvalue weighted by Crippen LogP contribution is 2.52. The summed E-state index contributed by atoms with van der Waals surface area (Å²) in [5.74, 6) is -3.61. The third-order valence-corrected chi connectivity index (χ3v) is 4.78. The van der Waals surface area contributed by atoms with E-state index in [9.17, 15) is 35.5 Å². The molecule has 1 aromatic carbocycles. The average Bonchev–Trinajstić information content (AvgIpc) is 3.02. The molecule has 0 atom stereocenters. The number of alkyl halides is 7. The highest BCUT2D eigenvalue weighted by atomic mass is 79.9. The predicted molar refractivity (Wildman–Crippen MR) is 93.0 cm³/mol. The van der Waals surface area contributed by atoms with E-state index in [1.165, 1.54) is 13.8 Å². The molecule has 2 heterocycles. The van der Waals surface area contributed by atoms with Gasteiger partial charge in [0.05, 0.1) is 6.61 Å². The van der Waals surface area contributed by atoms with Crippen molar-refractivity contribution in [2.45, 2.75) is 38.9 Å². The fourth-order valence-electron chi connectivity index (χ4n) is 2.80. The summed E-state index contributed by atoms with van der Waals surface area (Å²) in [6.07, 6.45) is -16.3. The fourth-order valence-corrected chi connectivity index (χ4v) is 3.29. The Labute approximate surface area is 177 Å². The molecule has 0 bridgehead atoms. The molecule has 15 heteroatoms. The van der Waals surface area contributed by atoms with Gasteiger partial charge < -0.3 is 14.2 Å². The largest absolute Gasteiger partial charge is 0.507 e. The Morgan fingerprint density at radius 1 is 1.23 bits per heavy atom. The minimum atomic E-state index is -5.18. The van der Waals surface area contributed by atoms with Crippen LogP contribution in [-0.4, -0.2) is 45.9 Å². The Hall–Kier alpha value is -2.45. The van der Waals surface area contributed by atoms with Crippen molar-refractivity contribution in [2.24, 2.45) is 0 Å². The lowest BCUT2D eigenvalue weighted by Gasteiger charge is -2.32. The molecule has 0 saturated heterocycles. The Morgan fingerprint density at radius 2 is 1.84 bits per heavy atom. The molecular formula is C16H13BrF7N3O4. The summed E-state index contributed by atoms with van der Waals surface area (Å²) >= 11 is 2.88. The molecule has 1 amide bonds. The van der Waals surface area contributed by atoms with Crippen LogP contribution in [0.4, 0.5) is 35.5 Å². The number of hydrogen-bond acceptors (Lipinski definition) is 5. The standard InChI is InChI=1S/C16H13BrF7N3O4/c1-3-26(13(28)29-4-2)6-27-10-9(25-12(27)14(18,19)20)7(17)5-8-11(10)31-16(23,24)15(21,22)30-8/h5H,3-4,6H2,1-2H3. The zero-order chi connectivity index (χ0) is 23.4. The molecule has 1 aromatic heterocycles. The molecule has 172 valence electrons. The van der Waals surface area contributed by atoms with E-state index in [1.807, 2.05) is 0 Å². The topological polar surface area (TPSA) is 65.8 Å². The van der Waals surface area contributed by atoms with Gasteiger partial charge in [0.15, 0.2) is 11.5 Å². The van der Waals surface area contributed by atoms with Gasteiger partial charge in [-0.2, -0.15) is 30.7 Å². The third-order valence-electron chi connectivity index (χ3n) is 4.17. The smallest absolute Gasteiger partial charge is 0.450 e. The van der Waals surface area contributed by atoms with Crippen LogP contribution in [-0.2, 0) is 17.6 Å². The van der Waals surface area contributed by atoms with E-state index in [2.05, 4.69) is 30.4 Å². The SMILES string of the molecule is CCOC(=O)N(CC)Cn1c(C(F)(F)F)nc2c(Br)cc3c(c21)OC(F)(F)C(F)(F)O3.